The van der Waals surface area contributed by atoms with E-state index in [1.165, 1.54) is 12.3 Å². The van der Waals surface area contributed by atoms with Crippen LogP contribution in [0.3, 0.4) is 0 Å². The number of hydrogen-bond acceptors (Lipinski definition) is 7. The number of esters is 1. The summed E-state index contributed by atoms with van der Waals surface area (Å²) in [5, 5.41) is 5.26. The molecule has 2 saturated carbocycles. The van der Waals surface area contributed by atoms with Crippen molar-refractivity contribution in [2.45, 2.75) is 89.6 Å². The van der Waals surface area contributed by atoms with Crippen LogP contribution in [-0.2, 0) is 32.1 Å². The van der Waals surface area contributed by atoms with Gasteiger partial charge in [0.25, 0.3) is 0 Å². The second kappa shape index (κ2) is 11.2. The molecule has 2 bridgehead atoms. The average molecular weight is 617 g/mol. The number of ether oxygens (including phenoxy) is 2. The molecule has 3 aliphatic rings. The van der Waals surface area contributed by atoms with Crippen LogP contribution in [-0.4, -0.2) is 39.8 Å². The van der Waals surface area contributed by atoms with Gasteiger partial charge in [0.05, 0.1) is 52.7 Å². The van der Waals surface area contributed by atoms with E-state index in [2.05, 4.69) is 10.1 Å². The Kier molecular flexibility index (Phi) is 7.79. The maximum atomic E-state index is 14.9. The number of amides is 1. The number of rotatable bonds is 9. The third-order valence-electron chi connectivity index (χ3n) is 7.97. The van der Waals surface area contributed by atoms with E-state index in [1.54, 1.807) is 43.9 Å². The zero-order chi connectivity index (χ0) is 29.8. The molecule has 42 heavy (non-hydrogen) atoms. The Morgan fingerprint density at radius 1 is 1.19 bits per heavy atom. The number of carbonyl (C=O) groups excluding carboxylic acids is 2. The summed E-state index contributed by atoms with van der Waals surface area (Å²) in [5.41, 5.74) is 1.95. The first-order valence-corrected chi connectivity index (χ1v) is 15.0. The predicted molar refractivity (Wildman–Crippen MR) is 155 cm³/mol. The van der Waals surface area contributed by atoms with Crippen molar-refractivity contribution in [2.75, 3.05) is 4.90 Å². The minimum Gasteiger partial charge on any atom is -0.460 e. The third-order valence-corrected chi connectivity index (χ3v) is 8.60. The van der Waals surface area contributed by atoms with E-state index in [1.807, 2.05) is 0 Å². The van der Waals surface area contributed by atoms with Crippen molar-refractivity contribution < 1.29 is 28.0 Å². The number of fused-ring (bicyclic) bond motifs is 2. The van der Waals surface area contributed by atoms with Crippen molar-refractivity contribution in [1.29, 1.82) is 0 Å². The largest absolute Gasteiger partial charge is 0.460 e. The van der Waals surface area contributed by atoms with Crippen LogP contribution in [0.15, 0.2) is 35.0 Å². The van der Waals surface area contributed by atoms with Crippen molar-refractivity contribution in [3.05, 3.63) is 63.3 Å². The minimum atomic E-state index is -0.607. The van der Waals surface area contributed by atoms with Gasteiger partial charge in [-0.05, 0) is 58.6 Å². The molecule has 1 saturated heterocycles. The van der Waals surface area contributed by atoms with Gasteiger partial charge in [-0.2, -0.15) is 0 Å². The van der Waals surface area contributed by atoms with Gasteiger partial charge in [0.2, 0.25) is 5.91 Å². The number of nitrogens with zero attached hydrogens (tertiary/aromatic N) is 3. The number of pyridine rings is 1. The molecule has 1 amide bonds. The molecule has 2 aromatic heterocycles. The van der Waals surface area contributed by atoms with Gasteiger partial charge >= 0.3 is 5.97 Å². The number of piperidine rings is 1. The van der Waals surface area contributed by atoms with E-state index in [9.17, 15) is 14.0 Å². The molecule has 8 nitrogen and oxygen atoms in total. The quantitative estimate of drug-likeness (QED) is 0.238. The van der Waals surface area contributed by atoms with Crippen LogP contribution in [0, 0.1) is 11.7 Å². The lowest BCUT2D eigenvalue weighted by Gasteiger charge is -2.31. The van der Waals surface area contributed by atoms with Gasteiger partial charge in [-0.3, -0.25) is 14.6 Å². The van der Waals surface area contributed by atoms with Gasteiger partial charge in [0.1, 0.15) is 22.9 Å². The van der Waals surface area contributed by atoms with Gasteiger partial charge in [0.15, 0.2) is 0 Å². The number of halogens is 3. The summed E-state index contributed by atoms with van der Waals surface area (Å²) in [6.45, 7) is 5.56. The number of hydrogen-bond donors (Lipinski definition) is 0. The van der Waals surface area contributed by atoms with E-state index in [4.69, 9.17) is 37.2 Å². The van der Waals surface area contributed by atoms with Gasteiger partial charge in [-0.25, -0.2) is 4.39 Å². The fourth-order valence-corrected chi connectivity index (χ4v) is 6.52. The fraction of sp³-hybridized carbons (Fsp3) is 0.484. The Hall–Kier alpha value is -3.01. The molecule has 0 spiro atoms. The van der Waals surface area contributed by atoms with Gasteiger partial charge < -0.3 is 18.9 Å². The van der Waals surface area contributed by atoms with Crippen molar-refractivity contribution in [1.82, 2.24) is 10.1 Å². The van der Waals surface area contributed by atoms with Crippen LogP contribution in [0.2, 0.25) is 10.0 Å². The summed E-state index contributed by atoms with van der Waals surface area (Å²) in [6.07, 6.45) is 4.61. The number of aryl methyl sites for hydroxylation is 1. The molecule has 6 rings (SSSR count). The Balaban J connectivity index is 1.12. The highest BCUT2D eigenvalue weighted by molar-refractivity contribution is 6.39. The highest BCUT2D eigenvalue weighted by atomic mass is 35.5. The number of benzene rings is 1. The molecule has 0 unspecified atom stereocenters. The maximum absolute atomic E-state index is 14.9. The molecule has 222 valence electrons. The summed E-state index contributed by atoms with van der Waals surface area (Å²) in [4.78, 5) is 31.3. The lowest BCUT2D eigenvalue weighted by molar-refractivity contribution is -0.154. The topological polar surface area (TPSA) is 94.8 Å². The molecule has 0 radical (unpaired) electrons. The molecule has 3 atom stereocenters. The first-order chi connectivity index (χ1) is 20.0. The molecule has 1 aromatic carbocycles. The van der Waals surface area contributed by atoms with Crippen LogP contribution in [0.1, 0.15) is 75.8 Å². The monoisotopic (exact) mass is 615 g/mol. The van der Waals surface area contributed by atoms with Crippen LogP contribution in [0.25, 0.3) is 11.3 Å². The minimum absolute atomic E-state index is 0.0198. The summed E-state index contributed by atoms with van der Waals surface area (Å²) < 4.78 is 32.3. The molecule has 3 aromatic rings. The third kappa shape index (κ3) is 5.79. The first-order valence-electron chi connectivity index (χ1n) is 14.2. The number of aromatic nitrogens is 2. The fourth-order valence-electron chi connectivity index (χ4n) is 5.95. The summed E-state index contributed by atoms with van der Waals surface area (Å²) >= 11 is 13.0. The summed E-state index contributed by atoms with van der Waals surface area (Å²) in [5.74, 6) is -0.348. The molecule has 3 heterocycles. The van der Waals surface area contributed by atoms with Crippen LogP contribution >= 0.6 is 23.2 Å². The van der Waals surface area contributed by atoms with Crippen molar-refractivity contribution in [3.8, 4) is 11.3 Å². The summed E-state index contributed by atoms with van der Waals surface area (Å²) in [6, 6.07) is 6.49. The van der Waals surface area contributed by atoms with Crippen molar-refractivity contribution in [3.63, 3.8) is 0 Å². The van der Waals surface area contributed by atoms with E-state index in [-0.39, 0.29) is 55.0 Å². The Morgan fingerprint density at radius 2 is 1.93 bits per heavy atom. The molecule has 1 aliphatic heterocycles. The van der Waals surface area contributed by atoms with Crippen molar-refractivity contribution >= 4 is 40.8 Å². The average Bonchev–Trinajstić information content (AvgIpc) is 3.42. The molecule has 11 heteroatoms. The predicted octanol–water partition coefficient (Wildman–Crippen LogP) is 7.04. The van der Waals surface area contributed by atoms with Gasteiger partial charge in [-0.15, -0.1) is 0 Å². The van der Waals surface area contributed by atoms with E-state index >= 15 is 0 Å². The first kappa shape index (κ1) is 29.1. The van der Waals surface area contributed by atoms with Gasteiger partial charge in [-0.1, -0.05) is 34.4 Å². The maximum Gasteiger partial charge on any atom is 0.306 e. The van der Waals surface area contributed by atoms with Crippen LogP contribution in [0.4, 0.5) is 10.1 Å². The Labute approximate surface area is 253 Å². The normalized spacial score (nSPS) is 21.8. The Morgan fingerprint density at radius 3 is 2.57 bits per heavy atom. The molecule has 2 aliphatic carbocycles. The van der Waals surface area contributed by atoms with E-state index in [0.29, 0.717) is 39.8 Å². The highest BCUT2D eigenvalue weighted by Gasteiger charge is 2.52. The summed E-state index contributed by atoms with van der Waals surface area (Å²) in [7, 11) is 0. The number of anilines is 1. The zero-order valence-electron chi connectivity index (χ0n) is 23.7. The SMILES string of the molecule is CC(C)(C)OC(=O)CCc1ncc(N2C(=O)[C@@H]3C[C@H]2C[C@H]3OCc2c(-c3c(Cl)cccc3Cl)noc2C2CC2)cc1F. The Bertz CT molecular complexity index is 1510. The molecular formula is C31H32Cl2FN3O5. The zero-order valence-corrected chi connectivity index (χ0v) is 25.2. The second-order valence-electron chi connectivity index (χ2n) is 12.2. The smallest absolute Gasteiger partial charge is 0.306 e. The molecular weight excluding hydrogens is 584 g/mol. The van der Waals surface area contributed by atoms with E-state index < -0.39 is 17.4 Å². The lowest BCUT2D eigenvalue weighted by atomic mass is 10.0. The lowest BCUT2D eigenvalue weighted by Crippen LogP contribution is -2.43. The van der Waals surface area contributed by atoms with E-state index in [0.717, 1.165) is 24.2 Å². The highest BCUT2D eigenvalue weighted by Crippen LogP contribution is 2.47. The second-order valence-corrected chi connectivity index (χ2v) is 13.1. The number of carbonyl (C=O) groups is 2. The van der Waals surface area contributed by atoms with Crippen LogP contribution < -0.4 is 4.90 Å². The van der Waals surface area contributed by atoms with Crippen molar-refractivity contribution in [2.24, 2.45) is 5.92 Å². The van der Waals surface area contributed by atoms with Gasteiger partial charge in [0, 0.05) is 35.6 Å². The molecule has 3 fully saturated rings. The molecule has 0 N–H and O–H groups in total. The van der Waals surface area contributed by atoms with Crippen LogP contribution in [0.5, 0.6) is 0 Å². The standard InChI is InChI=1S/C31H32Cl2FN3O5/c1-31(2,3)41-26(38)10-9-24-23(34)12-18(14-35-24)37-17-11-19(30(37)39)25(13-17)40-15-20-28(36-42-29(20)16-7-8-16)27-21(32)5-4-6-22(27)33/h4-6,12,14,16-17,19,25H,7-11,13,15H2,1-3H3/t17-,19+,25+/m0/s1.